The summed E-state index contributed by atoms with van der Waals surface area (Å²) >= 11 is 5.90. The largest absolute Gasteiger partial charge is 0.439 e. The van der Waals surface area contributed by atoms with Crippen molar-refractivity contribution in [2.75, 3.05) is 0 Å². The van der Waals surface area contributed by atoms with E-state index in [1.54, 1.807) is 19.1 Å². The molecular formula is C17H15ClN2O3. The normalized spacial score (nSPS) is 10.9. The van der Waals surface area contributed by atoms with Gasteiger partial charge < -0.3 is 9.15 Å². The van der Waals surface area contributed by atoms with Crippen LogP contribution in [0, 0.1) is 6.92 Å². The lowest BCUT2D eigenvalue weighted by Gasteiger charge is -2.08. The van der Waals surface area contributed by atoms with Crippen molar-refractivity contribution in [1.82, 2.24) is 9.97 Å². The Bertz CT molecular complexity index is 901. The number of nitrogens with zero attached hydrogens (tertiary/aromatic N) is 2. The van der Waals surface area contributed by atoms with Gasteiger partial charge in [0.1, 0.15) is 22.3 Å². The molecule has 0 spiro atoms. The maximum Gasteiger partial charge on any atom is 0.336 e. The number of aryl methyl sites for hydroxylation is 2. The van der Waals surface area contributed by atoms with Crippen LogP contribution in [0.15, 0.2) is 39.5 Å². The second-order valence-electron chi connectivity index (χ2n) is 5.18. The van der Waals surface area contributed by atoms with E-state index in [2.05, 4.69) is 16.9 Å². The minimum atomic E-state index is -0.362. The third kappa shape index (κ3) is 3.51. The summed E-state index contributed by atoms with van der Waals surface area (Å²) in [5.41, 5.74) is 1.11. The zero-order chi connectivity index (χ0) is 16.4. The molecule has 0 unspecified atom stereocenters. The van der Waals surface area contributed by atoms with Crippen LogP contribution in [0.5, 0.6) is 11.6 Å². The van der Waals surface area contributed by atoms with Crippen LogP contribution in [0.1, 0.15) is 24.7 Å². The summed E-state index contributed by atoms with van der Waals surface area (Å²) < 4.78 is 11.0. The summed E-state index contributed by atoms with van der Waals surface area (Å²) in [5.74, 6) is 1.38. The maximum absolute atomic E-state index is 11.7. The van der Waals surface area contributed by atoms with E-state index in [9.17, 15) is 4.79 Å². The molecule has 0 N–H and O–H groups in total. The zero-order valence-corrected chi connectivity index (χ0v) is 13.6. The molecule has 3 rings (SSSR count). The standard InChI is InChI=1S/C17H15ClN2O3/c1-3-4-11-7-17(21)23-14-8-12(5-6-13(11)14)22-16-9-15(18)19-10(2)20-16/h5-9H,3-4H2,1-2H3. The summed E-state index contributed by atoms with van der Waals surface area (Å²) in [5, 5.41) is 1.22. The Kier molecular flexibility index (Phi) is 4.30. The van der Waals surface area contributed by atoms with Crippen molar-refractivity contribution in [2.45, 2.75) is 26.7 Å². The van der Waals surface area contributed by atoms with Crippen molar-refractivity contribution in [3.05, 3.63) is 57.3 Å². The Labute approximate surface area is 137 Å². The van der Waals surface area contributed by atoms with E-state index >= 15 is 0 Å². The molecule has 0 aliphatic heterocycles. The highest BCUT2D eigenvalue weighted by molar-refractivity contribution is 6.29. The lowest BCUT2D eigenvalue weighted by molar-refractivity contribution is 0.458. The summed E-state index contributed by atoms with van der Waals surface area (Å²) in [6.45, 7) is 3.80. The fourth-order valence-corrected chi connectivity index (χ4v) is 2.64. The molecule has 23 heavy (non-hydrogen) atoms. The summed E-state index contributed by atoms with van der Waals surface area (Å²) in [4.78, 5) is 19.8. The average molecular weight is 331 g/mol. The Morgan fingerprint density at radius 3 is 2.78 bits per heavy atom. The van der Waals surface area contributed by atoms with Gasteiger partial charge in [0.15, 0.2) is 0 Å². The van der Waals surface area contributed by atoms with Crippen LogP contribution in [0.3, 0.4) is 0 Å². The van der Waals surface area contributed by atoms with E-state index in [1.807, 2.05) is 12.1 Å². The first kappa shape index (κ1) is 15.5. The molecule has 0 aliphatic rings. The number of benzene rings is 1. The molecule has 118 valence electrons. The van der Waals surface area contributed by atoms with E-state index in [4.69, 9.17) is 20.8 Å². The van der Waals surface area contributed by atoms with Crippen LogP contribution in [0.25, 0.3) is 11.0 Å². The monoisotopic (exact) mass is 330 g/mol. The summed E-state index contributed by atoms with van der Waals surface area (Å²) in [6, 6.07) is 8.45. The number of aromatic nitrogens is 2. The van der Waals surface area contributed by atoms with Gasteiger partial charge in [-0.1, -0.05) is 24.9 Å². The molecule has 0 atom stereocenters. The number of ether oxygens (including phenoxy) is 1. The van der Waals surface area contributed by atoms with Crippen LogP contribution in [-0.2, 0) is 6.42 Å². The quantitative estimate of drug-likeness (QED) is 0.527. The van der Waals surface area contributed by atoms with Gasteiger partial charge in [0.25, 0.3) is 0 Å². The first-order chi connectivity index (χ1) is 11.0. The maximum atomic E-state index is 11.7. The molecule has 0 aliphatic carbocycles. The molecule has 0 saturated carbocycles. The smallest absolute Gasteiger partial charge is 0.336 e. The van der Waals surface area contributed by atoms with Gasteiger partial charge in [-0.2, -0.15) is 4.98 Å². The third-order valence-electron chi connectivity index (χ3n) is 3.33. The van der Waals surface area contributed by atoms with Gasteiger partial charge in [-0.15, -0.1) is 0 Å². The molecule has 6 heteroatoms. The summed E-state index contributed by atoms with van der Waals surface area (Å²) in [7, 11) is 0. The van der Waals surface area contributed by atoms with Crippen LogP contribution < -0.4 is 10.4 Å². The second kappa shape index (κ2) is 6.38. The van der Waals surface area contributed by atoms with E-state index in [1.165, 1.54) is 6.07 Å². The van der Waals surface area contributed by atoms with Crippen molar-refractivity contribution in [2.24, 2.45) is 0 Å². The number of hydrogen-bond donors (Lipinski definition) is 0. The Morgan fingerprint density at radius 1 is 1.22 bits per heavy atom. The first-order valence-corrected chi connectivity index (χ1v) is 7.69. The van der Waals surface area contributed by atoms with Gasteiger partial charge in [0.05, 0.1) is 0 Å². The molecule has 0 bridgehead atoms. The molecule has 2 heterocycles. The number of rotatable bonds is 4. The van der Waals surface area contributed by atoms with Crippen LogP contribution in [0.2, 0.25) is 5.15 Å². The highest BCUT2D eigenvalue weighted by atomic mass is 35.5. The molecule has 5 nitrogen and oxygen atoms in total. The minimum absolute atomic E-state index is 0.310. The average Bonchev–Trinajstić information content (AvgIpc) is 2.45. The molecule has 0 radical (unpaired) electrons. The van der Waals surface area contributed by atoms with Crippen molar-refractivity contribution in [3.63, 3.8) is 0 Å². The van der Waals surface area contributed by atoms with E-state index in [0.29, 0.717) is 28.2 Å². The number of fused-ring (bicyclic) bond motifs is 1. The van der Waals surface area contributed by atoms with Gasteiger partial charge in [-0.05, 0) is 31.0 Å². The van der Waals surface area contributed by atoms with E-state index < -0.39 is 0 Å². The molecule has 0 fully saturated rings. The third-order valence-corrected chi connectivity index (χ3v) is 3.52. The topological polar surface area (TPSA) is 65.2 Å². The fourth-order valence-electron chi connectivity index (χ4n) is 2.43. The minimum Gasteiger partial charge on any atom is -0.439 e. The van der Waals surface area contributed by atoms with Crippen molar-refractivity contribution in [1.29, 1.82) is 0 Å². The zero-order valence-electron chi connectivity index (χ0n) is 12.8. The number of halogens is 1. The van der Waals surface area contributed by atoms with Crippen molar-refractivity contribution in [3.8, 4) is 11.6 Å². The molecule has 0 saturated heterocycles. The highest BCUT2D eigenvalue weighted by Gasteiger charge is 2.08. The Morgan fingerprint density at radius 2 is 2.04 bits per heavy atom. The van der Waals surface area contributed by atoms with Gasteiger partial charge in [-0.3, -0.25) is 0 Å². The predicted octanol–water partition coefficient (Wildman–Crippen LogP) is 4.29. The van der Waals surface area contributed by atoms with Crippen molar-refractivity contribution < 1.29 is 9.15 Å². The lowest BCUT2D eigenvalue weighted by Crippen LogP contribution is -2.00. The fraction of sp³-hybridized carbons (Fsp3) is 0.235. The van der Waals surface area contributed by atoms with Gasteiger partial charge in [0, 0.05) is 23.6 Å². The Balaban J connectivity index is 2.01. The first-order valence-electron chi connectivity index (χ1n) is 7.31. The van der Waals surface area contributed by atoms with Crippen LogP contribution in [0.4, 0.5) is 0 Å². The predicted molar refractivity (Wildman–Crippen MR) is 88.3 cm³/mol. The molecule has 3 aromatic rings. The second-order valence-corrected chi connectivity index (χ2v) is 5.56. The lowest BCUT2D eigenvalue weighted by atomic mass is 10.1. The van der Waals surface area contributed by atoms with Crippen LogP contribution in [-0.4, -0.2) is 9.97 Å². The SMILES string of the molecule is CCCc1cc(=O)oc2cc(Oc3cc(Cl)nc(C)n3)ccc12. The van der Waals surface area contributed by atoms with Gasteiger partial charge >= 0.3 is 5.63 Å². The van der Waals surface area contributed by atoms with Gasteiger partial charge in [0.2, 0.25) is 5.88 Å². The Hall–Kier alpha value is -2.40. The summed E-state index contributed by atoms with van der Waals surface area (Å²) in [6.07, 6.45) is 1.78. The molecular weight excluding hydrogens is 316 g/mol. The van der Waals surface area contributed by atoms with Gasteiger partial charge in [-0.25, -0.2) is 9.78 Å². The van der Waals surface area contributed by atoms with Crippen LogP contribution >= 0.6 is 11.6 Å². The molecule has 1 aromatic carbocycles. The molecule has 2 aromatic heterocycles. The van der Waals surface area contributed by atoms with E-state index in [-0.39, 0.29) is 5.63 Å². The molecule has 0 amide bonds. The van der Waals surface area contributed by atoms with E-state index in [0.717, 1.165) is 23.8 Å². The number of hydrogen-bond acceptors (Lipinski definition) is 5. The van der Waals surface area contributed by atoms with Crippen molar-refractivity contribution >= 4 is 22.6 Å². The highest BCUT2D eigenvalue weighted by Crippen LogP contribution is 2.27.